The van der Waals surface area contributed by atoms with E-state index in [1.54, 1.807) is 11.3 Å². The first-order valence-corrected chi connectivity index (χ1v) is 8.01. The van der Waals surface area contributed by atoms with E-state index in [1.807, 2.05) is 31.2 Å². The van der Waals surface area contributed by atoms with Crippen molar-refractivity contribution < 1.29 is 4.79 Å². The Hall–Kier alpha value is -1.61. The smallest absolute Gasteiger partial charge is 0.252 e. The van der Waals surface area contributed by atoms with Crippen LogP contribution in [0.3, 0.4) is 0 Å². The summed E-state index contributed by atoms with van der Waals surface area (Å²) in [7, 11) is 0. The molecule has 1 aliphatic carbocycles. The molecule has 0 saturated heterocycles. The summed E-state index contributed by atoms with van der Waals surface area (Å²) in [5, 5.41) is 5.42. The average Bonchev–Trinajstić information content (AvgIpc) is 3.10. The third-order valence-electron chi connectivity index (χ3n) is 4.19. The van der Waals surface area contributed by atoms with Crippen molar-refractivity contribution >= 4 is 17.2 Å². The molecule has 1 aromatic heterocycles. The molecule has 1 aliphatic rings. The quantitative estimate of drug-likeness (QED) is 0.897. The number of nitrogens with one attached hydrogen (secondary N) is 1. The van der Waals surface area contributed by atoms with Crippen LogP contribution >= 0.6 is 11.3 Å². The summed E-state index contributed by atoms with van der Waals surface area (Å²) in [5.74, 6) is 0.0541. The molecule has 0 bridgehead atoms. The van der Waals surface area contributed by atoms with Gasteiger partial charge in [-0.2, -0.15) is 0 Å². The van der Waals surface area contributed by atoms with Crippen molar-refractivity contribution in [3.05, 3.63) is 57.8 Å². The average molecular weight is 285 g/mol. The SMILES string of the molecule is Cc1ccccc1C(=O)NC1(c2cccs2)CCCC1. The van der Waals surface area contributed by atoms with Crippen LogP contribution in [0, 0.1) is 6.92 Å². The van der Waals surface area contributed by atoms with Gasteiger partial charge in [0.2, 0.25) is 0 Å². The fraction of sp³-hybridized carbons (Fsp3) is 0.353. The standard InChI is InChI=1S/C17H19NOS/c1-13-7-2-3-8-14(13)16(19)18-17(10-4-5-11-17)15-9-6-12-20-15/h2-3,6-9,12H,4-5,10-11H2,1H3,(H,18,19). The molecule has 0 radical (unpaired) electrons. The first-order valence-electron chi connectivity index (χ1n) is 7.13. The van der Waals surface area contributed by atoms with E-state index < -0.39 is 0 Å². The van der Waals surface area contributed by atoms with Gasteiger partial charge >= 0.3 is 0 Å². The van der Waals surface area contributed by atoms with Crippen molar-refractivity contribution in [1.29, 1.82) is 0 Å². The number of rotatable bonds is 3. The third-order valence-corrected chi connectivity index (χ3v) is 5.27. The highest BCUT2D eigenvalue weighted by Gasteiger charge is 2.38. The monoisotopic (exact) mass is 285 g/mol. The van der Waals surface area contributed by atoms with E-state index in [9.17, 15) is 4.79 Å². The van der Waals surface area contributed by atoms with Gasteiger partial charge in [0.15, 0.2) is 0 Å². The van der Waals surface area contributed by atoms with E-state index in [0.717, 1.165) is 24.0 Å². The molecular formula is C17H19NOS. The van der Waals surface area contributed by atoms with E-state index in [4.69, 9.17) is 0 Å². The molecular weight excluding hydrogens is 266 g/mol. The van der Waals surface area contributed by atoms with Crippen molar-refractivity contribution in [3.63, 3.8) is 0 Å². The minimum atomic E-state index is -0.145. The molecule has 1 fully saturated rings. The second-order valence-corrected chi connectivity index (χ2v) is 6.48. The highest BCUT2D eigenvalue weighted by atomic mass is 32.1. The lowest BCUT2D eigenvalue weighted by Gasteiger charge is -2.29. The molecule has 1 N–H and O–H groups in total. The zero-order chi connectivity index (χ0) is 14.0. The minimum Gasteiger partial charge on any atom is -0.342 e. The number of thiophene rings is 1. The number of amides is 1. The molecule has 1 amide bonds. The molecule has 0 atom stereocenters. The summed E-state index contributed by atoms with van der Waals surface area (Å²) >= 11 is 1.75. The second kappa shape index (κ2) is 5.41. The molecule has 3 rings (SSSR count). The molecule has 2 nitrogen and oxygen atoms in total. The third kappa shape index (κ3) is 2.38. The van der Waals surface area contributed by atoms with Crippen LogP contribution in [0.5, 0.6) is 0 Å². The van der Waals surface area contributed by atoms with Crippen molar-refractivity contribution in [1.82, 2.24) is 5.32 Å². The Kier molecular flexibility index (Phi) is 3.62. The lowest BCUT2D eigenvalue weighted by molar-refractivity contribution is 0.0899. The number of aryl methyl sites for hydroxylation is 1. The van der Waals surface area contributed by atoms with E-state index in [2.05, 4.69) is 22.8 Å². The summed E-state index contributed by atoms with van der Waals surface area (Å²) in [5.41, 5.74) is 1.67. The maximum atomic E-state index is 12.6. The van der Waals surface area contributed by atoms with Crippen LogP contribution in [0.2, 0.25) is 0 Å². The van der Waals surface area contributed by atoms with Crippen LogP contribution in [0.15, 0.2) is 41.8 Å². The Balaban J connectivity index is 1.88. The highest BCUT2D eigenvalue weighted by molar-refractivity contribution is 7.10. The van der Waals surface area contributed by atoms with Gasteiger partial charge in [-0.3, -0.25) is 4.79 Å². The first-order chi connectivity index (χ1) is 9.71. The van der Waals surface area contributed by atoms with E-state index in [0.29, 0.717) is 0 Å². The van der Waals surface area contributed by atoms with Gasteiger partial charge in [0.1, 0.15) is 0 Å². The minimum absolute atomic E-state index is 0.0541. The molecule has 104 valence electrons. The fourth-order valence-electron chi connectivity index (χ4n) is 3.07. The molecule has 1 aromatic carbocycles. The van der Waals surface area contributed by atoms with Crippen molar-refractivity contribution in [2.45, 2.75) is 38.1 Å². The lowest BCUT2D eigenvalue weighted by atomic mass is 9.94. The van der Waals surface area contributed by atoms with Crippen LogP contribution in [-0.4, -0.2) is 5.91 Å². The van der Waals surface area contributed by atoms with Crippen molar-refractivity contribution in [3.8, 4) is 0 Å². The summed E-state index contributed by atoms with van der Waals surface area (Å²) in [4.78, 5) is 13.9. The van der Waals surface area contributed by atoms with Gasteiger partial charge in [-0.25, -0.2) is 0 Å². The molecule has 3 heteroatoms. The van der Waals surface area contributed by atoms with Crippen LogP contribution < -0.4 is 5.32 Å². The molecule has 0 aliphatic heterocycles. The molecule has 1 saturated carbocycles. The van der Waals surface area contributed by atoms with Gasteiger partial charge in [0.25, 0.3) is 5.91 Å². The molecule has 20 heavy (non-hydrogen) atoms. The number of hydrogen-bond donors (Lipinski definition) is 1. The Morgan fingerprint density at radius 2 is 1.90 bits per heavy atom. The van der Waals surface area contributed by atoms with E-state index in [-0.39, 0.29) is 11.4 Å². The van der Waals surface area contributed by atoms with Crippen LogP contribution in [0.1, 0.15) is 46.5 Å². The normalized spacial score (nSPS) is 17.1. The fourth-order valence-corrected chi connectivity index (χ4v) is 4.02. The number of carbonyl (C=O) groups is 1. The number of carbonyl (C=O) groups excluding carboxylic acids is 1. The lowest BCUT2D eigenvalue weighted by Crippen LogP contribution is -2.43. The van der Waals surface area contributed by atoms with E-state index >= 15 is 0 Å². The van der Waals surface area contributed by atoms with E-state index in [1.165, 1.54) is 17.7 Å². The molecule has 2 aromatic rings. The first kappa shape index (κ1) is 13.4. The Morgan fingerprint density at radius 3 is 2.55 bits per heavy atom. The van der Waals surface area contributed by atoms with Crippen LogP contribution in [0.4, 0.5) is 0 Å². The number of benzene rings is 1. The molecule has 1 heterocycles. The Bertz CT molecular complexity index is 597. The second-order valence-electron chi connectivity index (χ2n) is 5.54. The van der Waals surface area contributed by atoms with Gasteiger partial charge < -0.3 is 5.32 Å². The van der Waals surface area contributed by atoms with Gasteiger partial charge in [0, 0.05) is 10.4 Å². The Morgan fingerprint density at radius 1 is 1.15 bits per heavy atom. The summed E-state index contributed by atoms with van der Waals surface area (Å²) in [6.45, 7) is 1.99. The molecule has 0 unspecified atom stereocenters. The molecule has 0 spiro atoms. The van der Waals surface area contributed by atoms with Gasteiger partial charge in [-0.1, -0.05) is 37.1 Å². The number of hydrogen-bond acceptors (Lipinski definition) is 2. The predicted molar refractivity (Wildman–Crippen MR) is 83.1 cm³/mol. The largest absolute Gasteiger partial charge is 0.342 e. The van der Waals surface area contributed by atoms with Crippen molar-refractivity contribution in [2.24, 2.45) is 0 Å². The predicted octanol–water partition coefficient (Wildman–Crippen LogP) is 4.26. The Labute approximate surface area is 123 Å². The van der Waals surface area contributed by atoms with Gasteiger partial charge in [0.05, 0.1) is 5.54 Å². The topological polar surface area (TPSA) is 29.1 Å². The summed E-state index contributed by atoms with van der Waals surface area (Å²) in [6.07, 6.45) is 4.47. The van der Waals surface area contributed by atoms with Crippen LogP contribution in [-0.2, 0) is 5.54 Å². The zero-order valence-corrected chi connectivity index (χ0v) is 12.5. The zero-order valence-electron chi connectivity index (χ0n) is 11.7. The van der Waals surface area contributed by atoms with Gasteiger partial charge in [-0.05, 0) is 42.8 Å². The van der Waals surface area contributed by atoms with Crippen molar-refractivity contribution in [2.75, 3.05) is 0 Å². The summed E-state index contributed by atoms with van der Waals surface area (Å²) < 4.78 is 0. The van der Waals surface area contributed by atoms with Gasteiger partial charge in [-0.15, -0.1) is 11.3 Å². The summed E-state index contributed by atoms with van der Waals surface area (Å²) in [6, 6.07) is 12.0. The maximum Gasteiger partial charge on any atom is 0.252 e. The maximum absolute atomic E-state index is 12.6. The van der Waals surface area contributed by atoms with Crippen LogP contribution in [0.25, 0.3) is 0 Å². The highest BCUT2D eigenvalue weighted by Crippen LogP contribution is 2.41.